The normalized spacial score (nSPS) is 15.5. The molecule has 0 radical (unpaired) electrons. The molecule has 1 fully saturated rings. The minimum atomic E-state index is -0.151. The molecule has 0 unspecified atom stereocenters. The third-order valence-corrected chi connectivity index (χ3v) is 5.40. The van der Waals surface area contributed by atoms with Crippen molar-refractivity contribution < 1.29 is 4.42 Å². The molecule has 1 aromatic carbocycles. The van der Waals surface area contributed by atoms with Crippen molar-refractivity contribution in [2.75, 3.05) is 11.9 Å². The second-order valence-electron chi connectivity index (χ2n) is 6.67. The summed E-state index contributed by atoms with van der Waals surface area (Å²) in [6.07, 6.45) is 7.51. The molecule has 0 saturated heterocycles. The van der Waals surface area contributed by atoms with E-state index in [0.29, 0.717) is 22.8 Å². The first-order valence-electron chi connectivity index (χ1n) is 8.84. The maximum absolute atomic E-state index is 9.85. The Bertz CT molecular complexity index is 922. The van der Waals surface area contributed by atoms with E-state index in [2.05, 4.69) is 45.2 Å². The lowest BCUT2D eigenvalue weighted by molar-refractivity contribution is 0.429. The fraction of sp³-hybridized carbons (Fsp3) is 0.286. The Morgan fingerprint density at radius 2 is 1.85 bits per heavy atom. The van der Waals surface area contributed by atoms with E-state index in [1.54, 1.807) is 12.3 Å². The number of aromatic nitrogens is 2. The highest BCUT2D eigenvalue weighted by Gasteiger charge is 2.41. The lowest BCUT2D eigenvalue weighted by Gasteiger charge is -2.40. The van der Waals surface area contributed by atoms with Crippen LogP contribution in [0.1, 0.15) is 36.8 Å². The summed E-state index contributed by atoms with van der Waals surface area (Å²) in [4.78, 5) is 11.0. The van der Waals surface area contributed by atoms with Crippen LogP contribution in [0.25, 0.3) is 11.5 Å². The highest BCUT2D eigenvalue weighted by atomic mass is 16.3. The monoisotopic (exact) mass is 344 g/mol. The summed E-state index contributed by atoms with van der Waals surface area (Å²) in [5.41, 5.74) is 2.10. The summed E-state index contributed by atoms with van der Waals surface area (Å²) in [5.74, 6) is 1.23. The summed E-state index contributed by atoms with van der Waals surface area (Å²) in [6.45, 7) is 0. The van der Waals surface area contributed by atoms with Crippen molar-refractivity contribution in [3.8, 4) is 17.5 Å². The van der Waals surface area contributed by atoms with Crippen LogP contribution in [0.3, 0.4) is 0 Å². The van der Waals surface area contributed by atoms with Gasteiger partial charge in [0.15, 0.2) is 11.6 Å². The van der Waals surface area contributed by atoms with Gasteiger partial charge < -0.3 is 9.32 Å². The first-order chi connectivity index (χ1) is 12.8. The third kappa shape index (κ3) is 2.55. The first kappa shape index (κ1) is 16.3. The molecule has 3 aromatic rings. The zero-order valence-electron chi connectivity index (χ0n) is 14.7. The summed E-state index contributed by atoms with van der Waals surface area (Å²) in [5, 5.41) is 9.85. The average Bonchev–Trinajstić information content (AvgIpc) is 3.40. The SMILES string of the molecule is CN(c1ncnc(-c2ccco2)c1C#N)C1(c2ccccc2)CCCC1. The zero-order chi connectivity index (χ0) is 18.0. The van der Waals surface area contributed by atoms with E-state index in [0.717, 1.165) is 25.7 Å². The molecule has 0 atom stereocenters. The molecule has 0 bridgehead atoms. The van der Waals surface area contributed by atoms with E-state index < -0.39 is 0 Å². The van der Waals surface area contributed by atoms with Gasteiger partial charge in [-0.25, -0.2) is 9.97 Å². The van der Waals surface area contributed by atoms with Gasteiger partial charge in [0, 0.05) is 7.05 Å². The van der Waals surface area contributed by atoms with E-state index in [-0.39, 0.29) is 5.54 Å². The van der Waals surface area contributed by atoms with Crippen LogP contribution in [-0.2, 0) is 5.54 Å². The molecule has 5 heteroatoms. The van der Waals surface area contributed by atoms with Gasteiger partial charge in [0.1, 0.15) is 23.7 Å². The third-order valence-electron chi connectivity index (χ3n) is 5.40. The quantitative estimate of drug-likeness (QED) is 0.696. The van der Waals surface area contributed by atoms with Crippen LogP contribution < -0.4 is 4.90 Å². The number of nitriles is 1. The Labute approximate surface area is 152 Å². The fourth-order valence-corrected chi connectivity index (χ4v) is 4.06. The van der Waals surface area contributed by atoms with E-state index >= 15 is 0 Å². The average molecular weight is 344 g/mol. The molecule has 26 heavy (non-hydrogen) atoms. The number of furan rings is 1. The lowest BCUT2D eigenvalue weighted by Crippen LogP contribution is -2.42. The minimum Gasteiger partial charge on any atom is -0.463 e. The van der Waals surface area contributed by atoms with E-state index in [4.69, 9.17) is 4.42 Å². The highest BCUT2D eigenvalue weighted by Crippen LogP contribution is 2.45. The maximum Gasteiger partial charge on any atom is 0.153 e. The van der Waals surface area contributed by atoms with Crippen LogP contribution in [0, 0.1) is 11.3 Å². The van der Waals surface area contributed by atoms with Gasteiger partial charge in [0.2, 0.25) is 0 Å². The van der Waals surface area contributed by atoms with Crippen molar-refractivity contribution in [3.05, 3.63) is 66.2 Å². The number of anilines is 1. The Morgan fingerprint density at radius 1 is 1.08 bits per heavy atom. The molecule has 2 heterocycles. The van der Waals surface area contributed by atoms with Crippen molar-refractivity contribution in [2.24, 2.45) is 0 Å². The summed E-state index contributed by atoms with van der Waals surface area (Å²) >= 11 is 0. The Kier molecular flexibility index (Phi) is 4.18. The number of benzene rings is 1. The summed E-state index contributed by atoms with van der Waals surface area (Å²) < 4.78 is 5.47. The Balaban J connectivity index is 1.84. The van der Waals surface area contributed by atoms with Crippen LogP contribution in [0.2, 0.25) is 0 Å². The van der Waals surface area contributed by atoms with Gasteiger partial charge in [0.05, 0.1) is 11.8 Å². The lowest BCUT2D eigenvalue weighted by atomic mass is 9.86. The van der Waals surface area contributed by atoms with Gasteiger partial charge in [-0.05, 0) is 30.5 Å². The molecule has 130 valence electrons. The highest BCUT2D eigenvalue weighted by molar-refractivity contribution is 5.70. The van der Waals surface area contributed by atoms with Gasteiger partial charge in [-0.3, -0.25) is 0 Å². The molecular weight excluding hydrogens is 324 g/mol. The van der Waals surface area contributed by atoms with Gasteiger partial charge in [-0.2, -0.15) is 5.26 Å². The molecule has 1 saturated carbocycles. The summed E-state index contributed by atoms with van der Waals surface area (Å²) in [6, 6.07) is 16.4. The smallest absolute Gasteiger partial charge is 0.153 e. The van der Waals surface area contributed by atoms with Crippen LogP contribution in [0.15, 0.2) is 59.5 Å². The van der Waals surface area contributed by atoms with Gasteiger partial charge >= 0.3 is 0 Å². The predicted octanol–water partition coefficient (Wildman–Crippen LogP) is 4.51. The molecule has 2 aromatic heterocycles. The van der Waals surface area contributed by atoms with Gasteiger partial charge in [-0.15, -0.1) is 0 Å². The van der Waals surface area contributed by atoms with Crippen molar-refractivity contribution in [1.29, 1.82) is 5.26 Å². The van der Waals surface area contributed by atoms with Gasteiger partial charge in [-0.1, -0.05) is 43.2 Å². The largest absolute Gasteiger partial charge is 0.463 e. The maximum atomic E-state index is 9.85. The zero-order valence-corrected chi connectivity index (χ0v) is 14.7. The molecule has 1 aliphatic carbocycles. The van der Waals surface area contributed by atoms with E-state index in [1.165, 1.54) is 11.9 Å². The molecular formula is C21H20N4O. The second-order valence-corrected chi connectivity index (χ2v) is 6.67. The molecule has 1 aliphatic rings. The number of hydrogen-bond acceptors (Lipinski definition) is 5. The van der Waals surface area contributed by atoms with Gasteiger partial charge in [0.25, 0.3) is 0 Å². The van der Waals surface area contributed by atoms with Crippen LogP contribution in [0.5, 0.6) is 0 Å². The van der Waals surface area contributed by atoms with Crippen LogP contribution in [-0.4, -0.2) is 17.0 Å². The molecule has 0 spiro atoms. The van der Waals surface area contributed by atoms with Crippen LogP contribution in [0.4, 0.5) is 5.82 Å². The first-order valence-corrected chi connectivity index (χ1v) is 8.84. The fourth-order valence-electron chi connectivity index (χ4n) is 4.06. The second kappa shape index (κ2) is 6.64. The molecule has 4 rings (SSSR count). The number of hydrogen-bond donors (Lipinski definition) is 0. The van der Waals surface area contributed by atoms with Crippen molar-refractivity contribution >= 4 is 5.82 Å². The Morgan fingerprint density at radius 3 is 2.50 bits per heavy atom. The molecule has 0 amide bonds. The molecule has 0 N–H and O–H groups in total. The topological polar surface area (TPSA) is 66.0 Å². The molecule has 0 aliphatic heterocycles. The predicted molar refractivity (Wildman–Crippen MR) is 99.4 cm³/mol. The van der Waals surface area contributed by atoms with Crippen LogP contribution >= 0.6 is 0 Å². The van der Waals surface area contributed by atoms with Crippen molar-refractivity contribution in [3.63, 3.8) is 0 Å². The number of nitrogens with zero attached hydrogens (tertiary/aromatic N) is 4. The summed E-state index contributed by atoms with van der Waals surface area (Å²) in [7, 11) is 2.04. The minimum absolute atomic E-state index is 0.151. The van der Waals surface area contributed by atoms with Crippen molar-refractivity contribution in [2.45, 2.75) is 31.2 Å². The number of rotatable bonds is 4. The van der Waals surface area contributed by atoms with Crippen molar-refractivity contribution in [1.82, 2.24) is 9.97 Å². The van der Waals surface area contributed by atoms with E-state index in [9.17, 15) is 5.26 Å². The van der Waals surface area contributed by atoms with E-state index in [1.807, 2.05) is 19.2 Å². The Hall–Kier alpha value is -3.13. The molecule has 5 nitrogen and oxygen atoms in total. The standard InChI is InChI=1S/C21H20N4O/c1-25(21(11-5-6-12-21)16-8-3-2-4-9-16)20-17(14-22)19(23-15-24-20)18-10-7-13-26-18/h2-4,7-10,13,15H,5-6,11-12H2,1H3.